The molecule has 1 fully saturated rings. The summed E-state index contributed by atoms with van der Waals surface area (Å²) < 4.78 is 19.2. The number of nitrogens with zero attached hydrogens (tertiary/aromatic N) is 2. The van der Waals surface area contributed by atoms with Crippen molar-refractivity contribution in [1.82, 2.24) is 9.47 Å². The predicted octanol–water partition coefficient (Wildman–Crippen LogP) is 4.42. The van der Waals surface area contributed by atoms with Crippen LogP contribution in [0.15, 0.2) is 67.0 Å². The fourth-order valence-electron chi connectivity index (χ4n) is 3.60. The van der Waals surface area contributed by atoms with E-state index in [1.165, 1.54) is 5.56 Å². The number of hydrogen-bond donors (Lipinski definition) is 0. The maximum absolute atomic E-state index is 6.05. The minimum Gasteiger partial charge on any atom is -0.497 e. The standard InChI is InChI=1S/C23H26N2O3/c1-3-27-22-7-5-4-6-21(22)24-13-12-19(17-24)23-25(14-15-28-23)16-18-8-10-20(26-2)11-9-18/h4-13,17,23H,3,14-16H2,1-2H3/t23-/m0/s1. The Kier molecular flexibility index (Phi) is 5.65. The third-order valence-corrected chi connectivity index (χ3v) is 4.97. The van der Waals surface area contributed by atoms with Gasteiger partial charge in [0.15, 0.2) is 0 Å². The van der Waals surface area contributed by atoms with E-state index < -0.39 is 0 Å². The zero-order valence-corrected chi connectivity index (χ0v) is 16.4. The number of para-hydroxylation sites is 2. The van der Waals surface area contributed by atoms with Crippen LogP contribution in [-0.4, -0.2) is 36.3 Å². The molecule has 0 saturated carbocycles. The Balaban J connectivity index is 1.52. The van der Waals surface area contributed by atoms with Crippen LogP contribution in [0.25, 0.3) is 5.69 Å². The summed E-state index contributed by atoms with van der Waals surface area (Å²) in [5.74, 6) is 1.76. The van der Waals surface area contributed by atoms with Gasteiger partial charge in [-0.25, -0.2) is 0 Å². The van der Waals surface area contributed by atoms with Crippen LogP contribution in [0.3, 0.4) is 0 Å². The first-order valence-corrected chi connectivity index (χ1v) is 9.67. The van der Waals surface area contributed by atoms with Crippen molar-refractivity contribution in [1.29, 1.82) is 0 Å². The van der Waals surface area contributed by atoms with Crippen LogP contribution in [0.4, 0.5) is 0 Å². The highest BCUT2D eigenvalue weighted by Crippen LogP contribution is 2.31. The maximum atomic E-state index is 6.05. The average molecular weight is 378 g/mol. The van der Waals surface area contributed by atoms with E-state index in [1.54, 1.807) is 7.11 Å². The van der Waals surface area contributed by atoms with E-state index in [9.17, 15) is 0 Å². The molecule has 2 heterocycles. The van der Waals surface area contributed by atoms with E-state index in [0.29, 0.717) is 6.61 Å². The van der Waals surface area contributed by atoms with Gasteiger partial charge in [0, 0.05) is 31.0 Å². The Morgan fingerprint density at radius 1 is 1.07 bits per heavy atom. The van der Waals surface area contributed by atoms with Crippen LogP contribution in [0.5, 0.6) is 11.5 Å². The lowest BCUT2D eigenvalue weighted by atomic mass is 10.2. The van der Waals surface area contributed by atoms with Gasteiger partial charge in [-0.05, 0) is 42.8 Å². The highest BCUT2D eigenvalue weighted by Gasteiger charge is 2.27. The Hall–Kier alpha value is -2.76. The molecule has 0 amide bonds. The zero-order valence-electron chi connectivity index (χ0n) is 16.4. The van der Waals surface area contributed by atoms with Gasteiger partial charge in [-0.15, -0.1) is 0 Å². The van der Waals surface area contributed by atoms with Crippen LogP contribution >= 0.6 is 0 Å². The molecule has 0 spiro atoms. The van der Waals surface area contributed by atoms with Gasteiger partial charge < -0.3 is 18.8 Å². The first-order valence-electron chi connectivity index (χ1n) is 9.67. The summed E-state index contributed by atoms with van der Waals surface area (Å²) in [5.41, 5.74) is 3.44. The molecule has 0 radical (unpaired) electrons. The second-order valence-electron chi connectivity index (χ2n) is 6.79. The number of benzene rings is 2. The zero-order chi connectivity index (χ0) is 19.3. The Bertz CT molecular complexity index is 904. The van der Waals surface area contributed by atoms with E-state index in [4.69, 9.17) is 14.2 Å². The van der Waals surface area contributed by atoms with E-state index in [2.05, 4.69) is 46.1 Å². The molecule has 3 aromatic rings. The Morgan fingerprint density at radius 2 is 1.89 bits per heavy atom. The minimum atomic E-state index is -0.0393. The second-order valence-corrected chi connectivity index (χ2v) is 6.79. The van der Waals surface area contributed by atoms with Gasteiger partial charge >= 0.3 is 0 Å². The van der Waals surface area contributed by atoms with Gasteiger partial charge in [0.2, 0.25) is 0 Å². The largest absolute Gasteiger partial charge is 0.497 e. The third-order valence-electron chi connectivity index (χ3n) is 4.97. The number of aromatic nitrogens is 1. The molecule has 4 rings (SSSR count). The van der Waals surface area contributed by atoms with Crippen LogP contribution in [0, 0.1) is 0 Å². The molecule has 0 N–H and O–H groups in total. The van der Waals surface area contributed by atoms with Gasteiger partial charge in [-0.3, -0.25) is 4.90 Å². The number of hydrogen-bond acceptors (Lipinski definition) is 4. The van der Waals surface area contributed by atoms with Crippen molar-refractivity contribution in [2.24, 2.45) is 0 Å². The van der Waals surface area contributed by atoms with Crippen LogP contribution in [0.1, 0.15) is 24.3 Å². The van der Waals surface area contributed by atoms with Gasteiger partial charge in [-0.2, -0.15) is 0 Å². The monoisotopic (exact) mass is 378 g/mol. The molecule has 1 aliphatic heterocycles. The van der Waals surface area contributed by atoms with Crippen molar-refractivity contribution in [3.8, 4) is 17.2 Å². The molecule has 0 unspecified atom stereocenters. The predicted molar refractivity (Wildman–Crippen MR) is 109 cm³/mol. The van der Waals surface area contributed by atoms with E-state index >= 15 is 0 Å². The SMILES string of the molecule is CCOc1ccccc1-n1ccc([C@@H]2OCCN2Cc2ccc(OC)cc2)c1. The highest BCUT2D eigenvalue weighted by atomic mass is 16.5. The third kappa shape index (κ3) is 3.91. The summed E-state index contributed by atoms with van der Waals surface area (Å²) in [7, 11) is 1.69. The summed E-state index contributed by atoms with van der Waals surface area (Å²) in [6.07, 6.45) is 4.16. The van der Waals surface area contributed by atoms with Gasteiger partial charge in [-0.1, -0.05) is 24.3 Å². The van der Waals surface area contributed by atoms with Crippen molar-refractivity contribution < 1.29 is 14.2 Å². The average Bonchev–Trinajstić information content (AvgIpc) is 3.39. The highest BCUT2D eigenvalue weighted by molar-refractivity contribution is 5.47. The number of rotatable bonds is 7. The Morgan fingerprint density at radius 3 is 2.68 bits per heavy atom. The summed E-state index contributed by atoms with van der Waals surface area (Å²) in [5, 5.41) is 0. The molecule has 2 aromatic carbocycles. The quantitative estimate of drug-likeness (QED) is 0.610. The molecule has 28 heavy (non-hydrogen) atoms. The summed E-state index contributed by atoms with van der Waals surface area (Å²) in [4.78, 5) is 2.36. The summed E-state index contributed by atoms with van der Waals surface area (Å²) in [6.45, 7) is 5.14. The van der Waals surface area contributed by atoms with Crippen LogP contribution < -0.4 is 9.47 Å². The second kappa shape index (κ2) is 8.50. The normalized spacial score (nSPS) is 17.0. The molecular formula is C23H26N2O3. The van der Waals surface area contributed by atoms with Crippen molar-refractivity contribution in [2.45, 2.75) is 19.7 Å². The Labute approximate surface area is 166 Å². The fourth-order valence-corrected chi connectivity index (χ4v) is 3.60. The first-order chi connectivity index (χ1) is 13.8. The van der Waals surface area contributed by atoms with Crippen LogP contribution in [0.2, 0.25) is 0 Å². The lowest BCUT2D eigenvalue weighted by Gasteiger charge is -2.22. The molecule has 1 aliphatic rings. The molecular weight excluding hydrogens is 352 g/mol. The molecule has 146 valence electrons. The summed E-state index contributed by atoms with van der Waals surface area (Å²) >= 11 is 0. The van der Waals surface area contributed by atoms with Gasteiger partial charge in [0.25, 0.3) is 0 Å². The fraction of sp³-hybridized carbons (Fsp3) is 0.304. The van der Waals surface area contributed by atoms with Gasteiger partial charge in [0.05, 0.1) is 26.0 Å². The number of methoxy groups -OCH3 is 1. The van der Waals surface area contributed by atoms with Crippen molar-refractivity contribution >= 4 is 0 Å². The van der Waals surface area contributed by atoms with E-state index in [-0.39, 0.29) is 6.23 Å². The molecule has 1 aromatic heterocycles. The minimum absolute atomic E-state index is 0.0393. The topological polar surface area (TPSA) is 35.9 Å². The maximum Gasteiger partial charge on any atom is 0.143 e. The molecule has 0 aliphatic carbocycles. The number of ether oxygens (including phenoxy) is 3. The van der Waals surface area contributed by atoms with Crippen molar-refractivity contribution in [3.63, 3.8) is 0 Å². The van der Waals surface area contributed by atoms with E-state index in [0.717, 1.165) is 42.4 Å². The van der Waals surface area contributed by atoms with Crippen LogP contribution in [-0.2, 0) is 11.3 Å². The summed E-state index contributed by atoms with van der Waals surface area (Å²) in [6, 6.07) is 18.4. The lowest BCUT2D eigenvalue weighted by molar-refractivity contribution is 0.0288. The molecule has 1 atom stereocenters. The molecule has 5 nitrogen and oxygen atoms in total. The molecule has 5 heteroatoms. The smallest absolute Gasteiger partial charge is 0.143 e. The van der Waals surface area contributed by atoms with Gasteiger partial charge in [0.1, 0.15) is 17.7 Å². The first kappa shape index (κ1) is 18.6. The molecule has 0 bridgehead atoms. The van der Waals surface area contributed by atoms with Crippen molar-refractivity contribution in [2.75, 3.05) is 26.9 Å². The lowest BCUT2D eigenvalue weighted by Crippen LogP contribution is -2.23. The van der Waals surface area contributed by atoms with Crippen molar-refractivity contribution in [3.05, 3.63) is 78.1 Å². The van der Waals surface area contributed by atoms with E-state index in [1.807, 2.05) is 37.3 Å². The molecule has 1 saturated heterocycles.